The van der Waals surface area contributed by atoms with Gasteiger partial charge in [-0.3, -0.25) is 4.79 Å². The molecule has 2 aromatic carbocycles. The molecular weight excluding hydrogens is 272 g/mol. The van der Waals surface area contributed by atoms with Crippen LogP contribution in [-0.2, 0) is 0 Å². The van der Waals surface area contributed by atoms with Crippen molar-refractivity contribution in [2.24, 2.45) is 5.10 Å². The van der Waals surface area contributed by atoms with Gasteiger partial charge in [0.05, 0.1) is 6.21 Å². The second kappa shape index (κ2) is 7.36. The zero-order chi connectivity index (χ0) is 15.9. The average Bonchev–Trinajstić information content (AvgIpc) is 2.48. The van der Waals surface area contributed by atoms with E-state index in [0.29, 0.717) is 5.56 Å². The van der Waals surface area contributed by atoms with Crippen LogP contribution in [0.5, 0.6) is 0 Å². The smallest absolute Gasteiger partial charge is 0.267 e. The first-order chi connectivity index (χ1) is 10.6. The van der Waals surface area contributed by atoms with E-state index in [0.717, 1.165) is 22.3 Å². The molecule has 0 atom stereocenters. The molecular formula is C19H20N2O. The largest absolute Gasteiger partial charge is 0.271 e. The van der Waals surface area contributed by atoms with Gasteiger partial charge in [-0.15, -0.1) is 0 Å². The van der Waals surface area contributed by atoms with Gasteiger partial charge in [0.1, 0.15) is 0 Å². The molecule has 3 nitrogen and oxygen atoms in total. The SMILES string of the molecule is CC(=C/c1ccccc1)/C=N/NC(=O)c1ccc(C)cc1C. The molecule has 0 spiro atoms. The number of allylic oxidation sites excluding steroid dienone is 1. The lowest BCUT2D eigenvalue weighted by atomic mass is 10.1. The number of nitrogens with one attached hydrogen (secondary N) is 1. The highest BCUT2D eigenvalue weighted by Crippen LogP contribution is 2.10. The Morgan fingerprint density at radius 2 is 1.82 bits per heavy atom. The van der Waals surface area contributed by atoms with Crippen LogP contribution in [0.1, 0.15) is 34.0 Å². The van der Waals surface area contributed by atoms with E-state index in [4.69, 9.17) is 0 Å². The summed E-state index contributed by atoms with van der Waals surface area (Å²) in [6.07, 6.45) is 3.65. The van der Waals surface area contributed by atoms with Gasteiger partial charge in [0, 0.05) is 5.56 Å². The normalized spacial score (nSPS) is 11.7. The van der Waals surface area contributed by atoms with Gasteiger partial charge in [-0.25, -0.2) is 5.43 Å². The fourth-order valence-electron chi connectivity index (χ4n) is 2.17. The third-order valence-corrected chi connectivity index (χ3v) is 3.25. The number of nitrogens with zero attached hydrogens (tertiary/aromatic N) is 1. The van der Waals surface area contributed by atoms with E-state index in [-0.39, 0.29) is 5.91 Å². The number of amides is 1. The predicted molar refractivity (Wildman–Crippen MR) is 92.0 cm³/mol. The summed E-state index contributed by atoms with van der Waals surface area (Å²) >= 11 is 0. The summed E-state index contributed by atoms with van der Waals surface area (Å²) in [7, 11) is 0. The topological polar surface area (TPSA) is 41.5 Å². The second-order valence-electron chi connectivity index (χ2n) is 5.32. The van der Waals surface area contributed by atoms with Crippen LogP contribution >= 0.6 is 0 Å². The lowest BCUT2D eigenvalue weighted by Crippen LogP contribution is -2.18. The lowest BCUT2D eigenvalue weighted by molar-refractivity contribution is 0.0954. The zero-order valence-electron chi connectivity index (χ0n) is 13.1. The summed E-state index contributed by atoms with van der Waals surface area (Å²) in [4.78, 5) is 12.1. The highest BCUT2D eigenvalue weighted by molar-refractivity contribution is 5.96. The molecule has 0 fully saturated rings. The standard InChI is InChI=1S/C19H20N2O/c1-14-9-10-18(16(3)11-14)19(22)21-20-13-15(2)12-17-7-5-4-6-8-17/h4-13H,1-3H3,(H,21,22)/b15-12-,20-13+. The fourth-order valence-corrected chi connectivity index (χ4v) is 2.17. The maximum absolute atomic E-state index is 12.1. The Hall–Kier alpha value is -2.68. The van der Waals surface area contributed by atoms with Crippen LogP contribution < -0.4 is 5.43 Å². The van der Waals surface area contributed by atoms with E-state index in [1.165, 1.54) is 0 Å². The Kier molecular flexibility index (Phi) is 5.26. The first-order valence-corrected chi connectivity index (χ1v) is 7.20. The number of hydrogen-bond acceptors (Lipinski definition) is 2. The van der Waals surface area contributed by atoms with E-state index in [2.05, 4.69) is 10.5 Å². The van der Waals surface area contributed by atoms with Gasteiger partial charge in [-0.2, -0.15) is 5.10 Å². The van der Waals surface area contributed by atoms with Crippen molar-refractivity contribution in [2.75, 3.05) is 0 Å². The highest BCUT2D eigenvalue weighted by atomic mass is 16.2. The molecule has 112 valence electrons. The van der Waals surface area contributed by atoms with Crippen molar-refractivity contribution in [1.29, 1.82) is 0 Å². The molecule has 0 heterocycles. The molecule has 2 rings (SSSR count). The first-order valence-electron chi connectivity index (χ1n) is 7.20. The summed E-state index contributed by atoms with van der Waals surface area (Å²) in [5, 5.41) is 4.01. The Morgan fingerprint density at radius 1 is 1.09 bits per heavy atom. The molecule has 2 aromatic rings. The quantitative estimate of drug-likeness (QED) is 0.668. The van der Waals surface area contributed by atoms with Crippen LogP contribution in [0.2, 0.25) is 0 Å². The minimum Gasteiger partial charge on any atom is -0.267 e. The van der Waals surface area contributed by atoms with E-state index in [1.54, 1.807) is 6.21 Å². The van der Waals surface area contributed by atoms with Crippen LogP contribution in [0.3, 0.4) is 0 Å². The zero-order valence-corrected chi connectivity index (χ0v) is 13.1. The summed E-state index contributed by atoms with van der Waals surface area (Å²) in [6.45, 7) is 5.87. The molecule has 0 unspecified atom stereocenters. The molecule has 0 radical (unpaired) electrons. The molecule has 0 aliphatic heterocycles. The van der Waals surface area contributed by atoms with Crippen LogP contribution in [0.4, 0.5) is 0 Å². The summed E-state index contributed by atoms with van der Waals surface area (Å²) in [6, 6.07) is 15.7. The third kappa shape index (κ3) is 4.42. The summed E-state index contributed by atoms with van der Waals surface area (Å²) < 4.78 is 0. The minimum atomic E-state index is -0.193. The van der Waals surface area contributed by atoms with Crippen molar-refractivity contribution < 1.29 is 4.79 Å². The number of hydrogen-bond donors (Lipinski definition) is 1. The molecule has 1 N–H and O–H groups in total. The fraction of sp³-hybridized carbons (Fsp3) is 0.158. The van der Waals surface area contributed by atoms with Crippen LogP contribution in [0.25, 0.3) is 6.08 Å². The average molecular weight is 292 g/mol. The highest BCUT2D eigenvalue weighted by Gasteiger charge is 2.07. The molecule has 0 aliphatic rings. The minimum absolute atomic E-state index is 0.193. The number of benzene rings is 2. The second-order valence-corrected chi connectivity index (χ2v) is 5.32. The van der Waals surface area contributed by atoms with Gasteiger partial charge in [-0.1, -0.05) is 54.1 Å². The van der Waals surface area contributed by atoms with E-state index in [9.17, 15) is 4.79 Å². The van der Waals surface area contributed by atoms with Crippen molar-refractivity contribution in [1.82, 2.24) is 5.43 Å². The Bertz CT molecular complexity index is 715. The molecule has 3 heteroatoms. The number of carbonyl (C=O) groups excluding carboxylic acids is 1. The number of aryl methyl sites for hydroxylation is 2. The van der Waals surface area contributed by atoms with Crippen molar-refractivity contribution >= 4 is 18.2 Å². The lowest BCUT2D eigenvalue weighted by Gasteiger charge is -2.04. The van der Waals surface area contributed by atoms with Gasteiger partial charge in [0.15, 0.2) is 0 Å². The summed E-state index contributed by atoms with van der Waals surface area (Å²) in [5.74, 6) is -0.193. The number of carbonyl (C=O) groups is 1. The number of rotatable bonds is 4. The van der Waals surface area contributed by atoms with Crippen molar-refractivity contribution in [3.05, 3.63) is 76.4 Å². The molecule has 0 aromatic heterocycles. The molecule has 0 saturated heterocycles. The van der Waals surface area contributed by atoms with Gasteiger partial charge in [0.2, 0.25) is 0 Å². The van der Waals surface area contributed by atoms with E-state index in [1.807, 2.05) is 75.4 Å². The maximum atomic E-state index is 12.1. The molecule has 22 heavy (non-hydrogen) atoms. The molecule has 0 bridgehead atoms. The van der Waals surface area contributed by atoms with Gasteiger partial charge < -0.3 is 0 Å². The van der Waals surface area contributed by atoms with Crippen molar-refractivity contribution in [3.8, 4) is 0 Å². The predicted octanol–water partition coefficient (Wildman–Crippen LogP) is 4.12. The van der Waals surface area contributed by atoms with Crippen molar-refractivity contribution in [3.63, 3.8) is 0 Å². The van der Waals surface area contributed by atoms with Crippen LogP contribution in [0, 0.1) is 13.8 Å². The monoisotopic (exact) mass is 292 g/mol. The van der Waals surface area contributed by atoms with Gasteiger partial charge >= 0.3 is 0 Å². The van der Waals surface area contributed by atoms with Gasteiger partial charge in [-0.05, 0) is 43.5 Å². The van der Waals surface area contributed by atoms with Crippen molar-refractivity contribution in [2.45, 2.75) is 20.8 Å². The molecule has 0 saturated carbocycles. The van der Waals surface area contributed by atoms with Crippen LogP contribution in [-0.4, -0.2) is 12.1 Å². The molecule has 1 amide bonds. The van der Waals surface area contributed by atoms with E-state index >= 15 is 0 Å². The maximum Gasteiger partial charge on any atom is 0.271 e. The molecule has 0 aliphatic carbocycles. The summed E-state index contributed by atoms with van der Waals surface area (Å²) in [5.41, 5.74) is 7.37. The Labute approximate surface area is 131 Å². The van der Waals surface area contributed by atoms with Crippen LogP contribution in [0.15, 0.2) is 59.2 Å². The Balaban J connectivity index is 2.00. The number of hydrazone groups is 1. The van der Waals surface area contributed by atoms with Gasteiger partial charge in [0.25, 0.3) is 5.91 Å². The first kappa shape index (κ1) is 15.7. The third-order valence-electron chi connectivity index (χ3n) is 3.25. The Morgan fingerprint density at radius 3 is 2.50 bits per heavy atom. The van der Waals surface area contributed by atoms with E-state index < -0.39 is 0 Å².